The Balaban J connectivity index is 0.992. The first kappa shape index (κ1) is 45.0. The Bertz CT molecular complexity index is 1410. The molecule has 310 valence electrons. The number of hydrogen-bond acceptors (Lipinski definition) is 11. The van der Waals surface area contributed by atoms with E-state index in [0.29, 0.717) is 103 Å². The van der Waals surface area contributed by atoms with Gasteiger partial charge in [0.15, 0.2) is 11.5 Å². The zero-order valence-electron chi connectivity index (χ0n) is 33.4. The molecule has 0 amide bonds. The molecule has 0 bridgehead atoms. The predicted molar refractivity (Wildman–Crippen MR) is 217 cm³/mol. The molecule has 1 N–H and O–H groups in total. The van der Waals surface area contributed by atoms with Crippen molar-refractivity contribution in [2.45, 2.75) is 77.3 Å². The van der Waals surface area contributed by atoms with Gasteiger partial charge < -0.3 is 47.9 Å². The van der Waals surface area contributed by atoms with Gasteiger partial charge >= 0.3 is 5.97 Å². The molecule has 0 spiro atoms. The molecule has 11 nitrogen and oxygen atoms in total. The van der Waals surface area contributed by atoms with Gasteiger partial charge in [0.2, 0.25) is 0 Å². The van der Waals surface area contributed by atoms with Gasteiger partial charge in [-0.05, 0) is 54.3 Å². The number of nitrogens with one attached hydrogen (secondary N) is 1. The van der Waals surface area contributed by atoms with Crippen LogP contribution in [0.5, 0.6) is 17.2 Å². The molecule has 0 aliphatic carbocycles. The predicted octanol–water partition coefficient (Wildman–Crippen LogP) is 7.97. The van der Waals surface area contributed by atoms with Crippen molar-refractivity contribution in [3.05, 3.63) is 89.5 Å². The molecule has 1 aliphatic rings. The summed E-state index contributed by atoms with van der Waals surface area (Å²) in [6.45, 7) is 8.14. The average Bonchev–Trinajstić information content (AvgIpc) is 3.22. The minimum absolute atomic E-state index is 0.297. The summed E-state index contributed by atoms with van der Waals surface area (Å²) in [6, 6.07) is 24.0. The monoisotopic (exact) mass is 779 g/mol. The van der Waals surface area contributed by atoms with Crippen LogP contribution in [0.2, 0.25) is 0 Å². The lowest BCUT2D eigenvalue weighted by molar-refractivity contribution is -0.0134. The molecular formula is C45H65NO10. The molecule has 0 unspecified atom stereocenters. The van der Waals surface area contributed by atoms with Crippen LogP contribution >= 0.6 is 0 Å². The molecule has 3 aromatic rings. The van der Waals surface area contributed by atoms with Gasteiger partial charge in [-0.15, -0.1) is 0 Å². The zero-order valence-corrected chi connectivity index (χ0v) is 33.4. The standard InChI is InChI=1S/C45H65NO10/c47-45(41-18-21-43-44(36-41)55-35-33-52-31-29-50-27-25-48-24-26-49-28-30-51-32-34-54-43)56-23-13-8-6-4-2-1-3-5-7-12-22-53-42-19-16-40(17-20-42)38-46-37-39-14-10-9-11-15-39/h9-11,14-21,36,46H,1-8,12-13,22-35,37-38H2. The van der Waals surface area contributed by atoms with E-state index in [2.05, 4.69) is 53.8 Å². The second-order valence-electron chi connectivity index (χ2n) is 13.7. The lowest BCUT2D eigenvalue weighted by Gasteiger charge is -2.14. The molecule has 3 aromatic carbocycles. The summed E-state index contributed by atoms with van der Waals surface area (Å²) in [5, 5.41) is 3.49. The van der Waals surface area contributed by atoms with Crippen LogP contribution in [-0.4, -0.2) is 98.5 Å². The molecule has 0 atom stereocenters. The van der Waals surface area contributed by atoms with E-state index in [1.54, 1.807) is 18.2 Å². The normalized spacial score (nSPS) is 15.4. The van der Waals surface area contributed by atoms with E-state index in [-0.39, 0.29) is 5.97 Å². The maximum absolute atomic E-state index is 12.8. The number of esters is 1. The number of rotatable bonds is 19. The Labute approximate surface area is 334 Å². The third-order valence-corrected chi connectivity index (χ3v) is 9.10. The van der Waals surface area contributed by atoms with Crippen LogP contribution in [0.4, 0.5) is 0 Å². The summed E-state index contributed by atoms with van der Waals surface area (Å²) in [4.78, 5) is 12.8. The largest absolute Gasteiger partial charge is 0.494 e. The van der Waals surface area contributed by atoms with E-state index in [0.717, 1.165) is 51.1 Å². The lowest BCUT2D eigenvalue weighted by Crippen LogP contribution is -2.14. The van der Waals surface area contributed by atoms with Gasteiger partial charge in [0.25, 0.3) is 0 Å². The van der Waals surface area contributed by atoms with Crippen LogP contribution in [0, 0.1) is 0 Å². The second-order valence-corrected chi connectivity index (χ2v) is 13.7. The van der Waals surface area contributed by atoms with Crippen molar-refractivity contribution in [2.75, 3.05) is 92.5 Å². The molecule has 0 fully saturated rings. The Morgan fingerprint density at radius 3 is 1.50 bits per heavy atom. The molecule has 56 heavy (non-hydrogen) atoms. The highest BCUT2D eigenvalue weighted by atomic mass is 16.6. The average molecular weight is 780 g/mol. The first-order valence-electron chi connectivity index (χ1n) is 20.7. The topological polar surface area (TPSA) is 112 Å². The maximum Gasteiger partial charge on any atom is 0.338 e. The van der Waals surface area contributed by atoms with E-state index in [1.165, 1.54) is 49.7 Å². The van der Waals surface area contributed by atoms with Gasteiger partial charge in [-0.2, -0.15) is 0 Å². The minimum atomic E-state index is -0.370. The highest BCUT2D eigenvalue weighted by Gasteiger charge is 2.14. The summed E-state index contributed by atoms with van der Waals surface area (Å²) < 4.78 is 51.1. The molecule has 1 heterocycles. The van der Waals surface area contributed by atoms with Crippen LogP contribution < -0.4 is 19.5 Å². The first-order chi connectivity index (χ1) is 27.8. The lowest BCUT2D eigenvalue weighted by atomic mass is 10.1. The van der Waals surface area contributed by atoms with Crippen LogP contribution in [0.3, 0.4) is 0 Å². The Morgan fingerprint density at radius 1 is 0.482 bits per heavy atom. The van der Waals surface area contributed by atoms with Crippen molar-refractivity contribution in [1.29, 1.82) is 0 Å². The SMILES string of the molecule is O=C(OCCCCCCCCCCCCOc1ccc(CNCc2ccccc2)cc1)c1ccc2c(c1)OCCOCCOCCOCCOCCOCCO2. The fourth-order valence-corrected chi connectivity index (χ4v) is 5.98. The molecule has 0 aromatic heterocycles. The van der Waals surface area contributed by atoms with Gasteiger partial charge in [0.1, 0.15) is 19.0 Å². The van der Waals surface area contributed by atoms with Crippen molar-refractivity contribution in [2.24, 2.45) is 0 Å². The number of fused-ring (bicyclic) bond motifs is 1. The van der Waals surface area contributed by atoms with Gasteiger partial charge in [0.05, 0.1) is 84.8 Å². The highest BCUT2D eigenvalue weighted by molar-refractivity contribution is 5.90. The summed E-state index contributed by atoms with van der Waals surface area (Å²) in [5.74, 6) is 1.56. The summed E-state index contributed by atoms with van der Waals surface area (Å²) >= 11 is 0. The minimum Gasteiger partial charge on any atom is -0.494 e. The van der Waals surface area contributed by atoms with Crippen molar-refractivity contribution < 1.29 is 47.4 Å². The molecule has 0 radical (unpaired) electrons. The van der Waals surface area contributed by atoms with Gasteiger partial charge in [-0.1, -0.05) is 93.8 Å². The molecule has 1 aliphatic heterocycles. The Hall–Kier alpha value is -3.71. The van der Waals surface area contributed by atoms with Crippen LogP contribution in [0.15, 0.2) is 72.8 Å². The third-order valence-electron chi connectivity index (χ3n) is 9.10. The van der Waals surface area contributed by atoms with E-state index in [1.807, 2.05) is 6.07 Å². The Morgan fingerprint density at radius 2 is 0.946 bits per heavy atom. The zero-order chi connectivity index (χ0) is 39.0. The van der Waals surface area contributed by atoms with Gasteiger partial charge in [-0.25, -0.2) is 4.79 Å². The number of benzene rings is 3. The summed E-state index contributed by atoms with van der Waals surface area (Å²) in [7, 11) is 0. The molecular weight excluding hydrogens is 714 g/mol. The molecule has 0 saturated carbocycles. The molecule has 4 rings (SSSR count). The van der Waals surface area contributed by atoms with Crippen LogP contribution in [0.1, 0.15) is 85.7 Å². The quantitative estimate of drug-likeness (QED) is 0.0945. The number of ether oxygens (including phenoxy) is 9. The molecule has 11 heteroatoms. The first-order valence-corrected chi connectivity index (χ1v) is 20.7. The summed E-state index contributed by atoms with van der Waals surface area (Å²) in [5.41, 5.74) is 2.98. The molecule has 0 saturated heterocycles. The highest BCUT2D eigenvalue weighted by Crippen LogP contribution is 2.29. The number of carbonyl (C=O) groups is 1. The van der Waals surface area contributed by atoms with Gasteiger partial charge in [-0.3, -0.25) is 0 Å². The van der Waals surface area contributed by atoms with Crippen molar-refractivity contribution >= 4 is 5.97 Å². The van der Waals surface area contributed by atoms with Crippen molar-refractivity contribution in [3.63, 3.8) is 0 Å². The van der Waals surface area contributed by atoms with E-state index >= 15 is 0 Å². The van der Waals surface area contributed by atoms with Crippen molar-refractivity contribution in [3.8, 4) is 17.2 Å². The van der Waals surface area contributed by atoms with E-state index in [4.69, 9.17) is 42.6 Å². The van der Waals surface area contributed by atoms with Crippen LogP contribution in [0.25, 0.3) is 0 Å². The Kier molecular flexibility index (Phi) is 24.5. The second kappa shape index (κ2) is 30.4. The third kappa shape index (κ3) is 21.0. The smallest absolute Gasteiger partial charge is 0.338 e. The van der Waals surface area contributed by atoms with E-state index < -0.39 is 0 Å². The van der Waals surface area contributed by atoms with E-state index in [9.17, 15) is 4.79 Å². The number of hydrogen-bond donors (Lipinski definition) is 1. The van der Waals surface area contributed by atoms with Crippen molar-refractivity contribution in [1.82, 2.24) is 5.32 Å². The van der Waals surface area contributed by atoms with Crippen LogP contribution in [-0.2, 0) is 41.5 Å². The summed E-state index contributed by atoms with van der Waals surface area (Å²) in [6.07, 6.45) is 11.6. The fourth-order valence-electron chi connectivity index (χ4n) is 5.98. The number of unbranched alkanes of at least 4 members (excludes halogenated alkanes) is 9. The van der Waals surface area contributed by atoms with Gasteiger partial charge in [0, 0.05) is 13.1 Å². The maximum atomic E-state index is 12.8. The fraction of sp³-hybridized carbons (Fsp3) is 0.578. The number of carbonyl (C=O) groups excluding carboxylic acids is 1.